The molecule has 4 nitrogen and oxygen atoms in total. The molecule has 0 fully saturated rings. The highest BCUT2D eigenvalue weighted by molar-refractivity contribution is 8.13. The fourth-order valence-corrected chi connectivity index (χ4v) is 1.45. The predicted octanol–water partition coefficient (Wildman–Crippen LogP) is 0.756. The van der Waals surface area contributed by atoms with Crippen LogP contribution in [0.5, 0.6) is 0 Å². The molecule has 1 aliphatic heterocycles. The Morgan fingerprint density at radius 2 is 2.38 bits per heavy atom. The third kappa shape index (κ3) is 2.24. The second-order valence-electron chi connectivity index (χ2n) is 2.55. The van der Waals surface area contributed by atoms with Gasteiger partial charge in [-0.3, -0.25) is 4.99 Å². The van der Waals surface area contributed by atoms with E-state index in [0.717, 1.165) is 10.9 Å². The van der Waals surface area contributed by atoms with Crippen molar-refractivity contribution in [3.8, 4) is 0 Å². The first-order chi connectivity index (χ1) is 6.19. The Bertz CT molecular complexity index is 284. The molecule has 72 valence electrons. The molecule has 1 heterocycles. The van der Waals surface area contributed by atoms with E-state index in [0.29, 0.717) is 12.1 Å². The Kier molecular flexibility index (Phi) is 3.36. The first kappa shape index (κ1) is 10.1. The van der Waals surface area contributed by atoms with Gasteiger partial charge in [-0.1, -0.05) is 11.8 Å². The second kappa shape index (κ2) is 4.32. The number of aliphatic imine (C=N–C) groups is 1. The molecule has 0 atom stereocenters. The maximum Gasteiger partial charge on any atom is 0.337 e. The van der Waals surface area contributed by atoms with Gasteiger partial charge in [0.05, 0.1) is 19.2 Å². The molecule has 0 saturated heterocycles. The topological polar surface area (TPSA) is 50.7 Å². The van der Waals surface area contributed by atoms with Crippen LogP contribution in [-0.4, -0.2) is 31.0 Å². The van der Waals surface area contributed by atoms with Crippen LogP contribution in [0.4, 0.5) is 0 Å². The van der Waals surface area contributed by atoms with Gasteiger partial charge in [0, 0.05) is 5.70 Å². The number of thioether (sulfide) groups is 1. The predicted molar refractivity (Wildman–Crippen MR) is 53.7 cm³/mol. The van der Waals surface area contributed by atoms with Crippen molar-refractivity contribution >= 4 is 22.9 Å². The van der Waals surface area contributed by atoms with Crippen LogP contribution in [0.1, 0.15) is 6.92 Å². The molecule has 1 rings (SSSR count). The van der Waals surface area contributed by atoms with Gasteiger partial charge in [-0.2, -0.15) is 0 Å². The second-order valence-corrected chi connectivity index (χ2v) is 3.34. The molecule has 0 aromatic carbocycles. The van der Waals surface area contributed by atoms with E-state index in [2.05, 4.69) is 15.0 Å². The van der Waals surface area contributed by atoms with Crippen LogP contribution in [-0.2, 0) is 9.53 Å². The standard InChI is InChI=1S/C8H12N2O2S/c1-5-6(7(11)12-2)4-9-8(10-5)13-3/h4H2,1-3H3,(H,9,10). The summed E-state index contributed by atoms with van der Waals surface area (Å²) in [5.74, 6) is -0.311. The molecule has 0 aromatic rings. The minimum atomic E-state index is -0.311. The van der Waals surface area contributed by atoms with Gasteiger partial charge in [-0.15, -0.1) is 0 Å². The molecular formula is C8H12N2O2S. The Morgan fingerprint density at radius 1 is 1.69 bits per heavy atom. The molecule has 1 N–H and O–H groups in total. The highest BCUT2D eigenvalue weighted by atomic mass is 32.2. The van der Waals surface area contributed by atoms with Crippen molar-refractivity contribution in [1.29, 1.82) is 0 Å². The van der Waals surface area contributed by atoms with Gasteiger partial charge in [0.25, 0.3) is 0 Å². The maximum atomic E-state index is 11.2. The van der Waals surface area contributed by atoms with E-state index in [1.807, 2.05) is 13.2 Å². The largest absolute Gasteiger partial charge is 0.466 e. The van der Waals surface area contributed by atoms with Crippen LogP contribution in [0.15, 0.2) is 16.3 Å². The molecule has 0 unspecified atom stereocenters. The average molecular weight is 200 g/mol. The van der Waals surface area contributed by atoms with Crippen molar-refractivity contribution in [3.63, 3.8) is 0 Å². The number of hydrogen-bond donors (Lipinski definition) is 1. The Balaban J connectivity index is 2.75. The summed E-state index contributed by atoms with van der Waals surface area (Å²) in [7, 11) is 1.37. The summed E-state index contributed by atoms with van der Waals surface area (Å²) in [4.78, 5) is 15.3. The van der Waals surface area contributed by atoms with Crippen LogP contribution in [0.3, 0.4) is 0 Å². The van der Waals surface area contributed by atoms with Crippen molar-refractivity contribution in [2.75, 3.05) is 19.9 Å². The summed E-state index contributed by atoms with van der Waals surface area (Å²) in [5.41, 5.74) is 1.42. The normalized spacial score (nSPS) is 16.4. The van der Waals surface area contributed by atoms with Gasteiger partial charge in [0.15, 0.2) is 5.17 Å². The summed E-state index contributed by atoms with van der Waals surface area (Å²) in [6.45, 7) is 2.25. The monoisotopic (exact) mass is 200 g/mol. The number of esters is 1. The van der Waals surface area contributed by atoms with E-state index in [4.69, 9.17) is 0 Å². The summed E-state index contributed by atoms with van der Waals surface area (Å²) >= 11 is 1.52. The SMILES string of the molecule is COC(=O)C1=C(C)NC(SC)=NC1. The highest BCUT2D eigenvalue weighted by Gasteiger charge is 2.17. The lowest BCUT2D eigenvalue weighted by atomic mass is 10.2. The smallest absolute Gasteiger partial charge is 0.337 e. The lowest BCUT2D eigenvalue weighted by molar-refractivity contribution is -0.136. The van der Waals surface area contributed by atoms with E-state index in [1.54, 1.807) is 0 Å². The number of ether oxygens (including phenoxy) is 1. The quantitative estimate of drug-likeness (QED) is 0.635. The summed E-state index contributed by atoms with van der Waals surface area (Å²) < 4.78 is 4.62. The molecule has 1 aliphatic rings. The molecule has 0 aromatic heterocycles. The Hall–Kier alpha value is -0.970. The third-order valence-electron chi connectivity index (χ3n) is 1.75. The minimum absolute atomic E-state index is 0.311. The summed E-state index contributed by atoms with van der Waals surface area (Å²) in [6.07, 6.45) is 1.93. The zero-order chi connectivity index (χ0) is 9.84. The molecular weight excluding hydrogens is 188 g/mol. The number of nitrogens with zero attached hydrogens (tertiary/aromatic N) is 1. The van der Waals surface area contributed by atoms with Gasteiger partial charge in [-0.05, 0) is 13.2 Å². The van der Waals surface area contributed by atoms with Crippen molar-refractivity contribution in [2.24, 2.45) is 4.99 Å². The van der Waals surface area contributed by atoms with Crippen molar-refractivity contribution in [1.82, 2.24) is 5.32 Å². The molecule has 0 saturated carbocycles. The highest BCUT2D eigenvalue weighted by Crippen LogP contribution is 2.12. The number of amidine groups is 1. The first-order valence-corrected chi connectivity index (χ1v) is 5.05. The molecule has 0 bridgehead atoms. The fourth-order valence-electron chi connectivity index (χ4n) is 1.00. The van der Waals surface area contributed by atoms with Crippen LogP contribution >= 0.6 is 11.8 Å². The molecule has 0 aliphatic carbocycles. The Labute approximate surface area is 81.4 Å². The number of hydrogen-bond acceptors (Lipinski definition) is 5. The van der Waals surface area contributed by atoms with Crippen molar-refractivity contribution in [2.45, 2.75) is 6.92 Å². The van der Waals surface area contributed by atoms with Gasteiger partial charge in [0.2, 0.25) is 0 Å². The van der Waals surface area contributed by atoms with Gasteiger partial charge >= 0.3 is 5.97 Å². The summed E-state index contributed by atoms with van der Waals surface area (Å²) in [5, 5.41) is 3.86. The summed E-state index contributed by atoms with van der Waals surface area (Å²) in [6, 6.07) is 0. The van der Waals surface area contributed by atoms with Crippen molar-refractivity contribution in [3.05, 3.63) is 11.3 Å². The maximum absolute atomic E-state index is 11.2. The molecule has 13 heavy (non-hydrogen) atoms. The first-order valence-electron chi connectivity index (χ1n) is 3.82. The number of methoxy groups -OCH3 is 1. The van der Waals surface area contributed by atoms with E-state index in [1.165, 1.54) is 18.9 Å². The molecule has 5 heteroatoms. The average Bonchev–Trinajstić information content (AvgIpc) is 2.16. The van der Waals surface area contributed by atoms with E-state index < -0.39 is 0 Å². The van der Waals surface area contributed by atoms with Crippen LogP contribution in [0.2, 0.25) is 0 Å². The Morgan fingerprint density at radius 3 is 2.85 bits per heavy atom. The van der Waals surface area contributed by atoms with Gasteiger partial charge < -0.3 is 10.1 Å². The van der Waals surface area contributed by atoms with Gasteiger partial charge in [-0.25, -0.2) is 4.79 Å². The third-order valence-corrected chi connectivity index (χ3v) is 2.37. The number of carbonyl (C=O) groups is 1. The van der Waals surface area contributed by atoms with Crippen LogP contribution in [0.25, 0.3) is 0 Å². The lowest BCUT2D eigenvalue weighted by Crippen LogP contribution is -2.27. The number of nitrogens with one attached hydrogen (secondary N) is 1. The lowest BCUT2D eigenvalue weighted by Gasteiger charge is -2.16. The van der Waals surface area contributed by atoms with E-state index in [9.17, 15) is 4.79 Å². The minimum Gasteiger partial charge on any atom is -0.466 e. The number of allylic oxidation sites excluding steroid dienone is 1. The van der Waals surface area contributed by atoms with Crippen molar-refractivity contribution < 1.29 is 9.53 Å². The fraction of sp³-hybridized carbons (Fsp3) is 0.500. The van der Waals surface area contributed by atoms with Gasteiger partial charge in [0.1, 0.15) is 0 Å². The molecule has 0 amide bonds. The molecule has 0 spiro atoms. The number of rotatable bonds is 1. The van der Waals surface area contributed by atoms with E-state index >= 15 is 0 Å². The van der Waals surface area contributed by atoms with Crippen LogP contribution < -0.4 is 5.32 Å². The number of carbonyl (C=O) groups excluding carboxylic acids is 1. The van der Waals surface area contributed by atoms with E-state index in [-0.39, 0.29) is 5.97 Å². The molecule has 0 radical (unpaired) electrons. The zero-order valence-corrected chi connectivity index (χ0v) is 8.70. The zero-order valence-electron chi connectivity index (χ0n) is 7.88. The van der Waals surface area contributed by atoms with Crippen LogP contribution in [0, 0.1) is 0 Å².